The highest BCUT2D eigenvalue weighted by Gasteiger charge is 2.30. The molecule has 0 bridgehead atoms. The molecule has 0 radical (unpaired) electrons. The van der Waals surface area contributed by atoms with Gasteiger partial charge in [0.2, 0.25) is 5.91 Å². The Bertz CT molecular complexity index is 635. The number of likely N-dealkylation sites (tertiary alicyclic amines) is 1. The van der Waals surface area contributed by atoms with E-state index in [2.05, 4.69) is 4.90 Å². The van der Waals surface area contributed by atoms with Crippen LogP contribution in [0.3, 0.4) is 0 Å². The number of anilines is 1. The van der Waals surface area contributed by atoms with Crippen LogP contribution in [-0.4, -0.2) is 48.5 Å². The molecule has 7 nitrogen and oxygen atoms in total. The molecule has 2 fully saturated rings. The standard InChI is InChI=1S/C18H25N3O4/c1-2-25-17-13-15(5-6-16(17)21(23)24)19-11-7-14(8-12-19)18(22)20-9-3-4-10-20/h5-6,13-14H,2-4,7-12H2,1H3. The SMILES string of the molecule is CCOc1cc(N2CCC(C(=O)N3CCCC3)CC2)ccc1[N+](=O)[O-]. The Kier molecular flexibility index (Phi) is 5.40. The third-order valence-electron chi connectivity index (χ3n) is 5.07. The second-order valence-corrected chi connectivity index (χ2v) is 6.64. The third-order valence-corrected chi connectivity index (χ3v) is 5.07. The lowest BCUT2D eigenvalue weighted by Gasteiger charge is -2.34. The predicted molar refractivity (Wildman–Crippen MR) is 95.0 cm³/mol. The summed E-state index contributed by atoms with van der Waals surface area (Å²) in [5.41, 5.74) is 0.908. The number of ether oxygens (including phenoxy) is 1. The summed E-state index contributed by atoms with van der Waals surface area (Å²) in [6.07, 6.45) is 3.90. The third kappa shape index (κ3) is 3.86. The van der Waals surface area contributed by atoms with Crippen LogP contribution in [0.2, 0.25) is 0 Å². The van der Waals surface area contributed by atoms with E-state index in [0.717, 1.165) is 57.5 Å². The second-order valence-electron chi connectivity index (χ2n) is 6.64. The molecule has 0 aliphatic carbocycles. The monoisotopic (exact) mass is 347 g/mol. The number of hydrogen-bond donors (Lipinski definition) is 0. The van der Waals surface area contributed by atoms with Gasteiger partial charge in [-0.15, -0.1) is 0 Å². The summed E-state index contributed by atoms with van der Waals surface area (Å²) in [6, 6.07) is 5.01. The molecule has 3 rings (SSSR count). The molecule has 2 aliphatic rings. The number of amides is 1. The summed E-state index contributed by atoms with van der Waals surface area (Å²) >= 11 is 0. The van der Waals surface area contributed by atoms with Crippen LogP contribution in [0, 0.1) is 16.0 Å². The molecule has 2 heterocycles. The van der Waals surface area contributed by atoms with E-state index in [0.29, 0.717) is 18.3 Å². The molecular formula is C18H25N3O4. The Balaban J connectivity index is 1.65. The zero-order valence-electron chi connectivity index (χ0n) is 14.6. The highest BCUT2D eigenvalue weighted by molar-refractivity contribution is 5.79. The van der Waals surface area contributed by atoms with Crippen LogP contribution in [0.1, 0.15) is 32.6 Å². The number of hydrogen-bond acceptors (Lipinski definition) is 5. The van der Waals surface area contributed by atoms with Crippen molar-refractivity contribution < 1.29 is 14.5 Å². The molecule has 2 saturated heterocycles. The van der Waals surface area contributed by atoms with Crippen molar-refractivity contribution in [3.8, 4) is 5.75 Å². The van der Waals surface area contributed by atoms with Crippen molar-refractivity contribution >= 4 is 17.3 Å². The van der Waals surface area contributed by atoms with Gasteiger partial charge in [-0.05, 0) is 38.7 Å². The van der Waals surface area contributed by atoms with Gasteiger partial charge in [0.1, 0.15) is 0 Å². The average Bonchev–Trinajstić information content (AvgIpc) is 3.16. The lowest BCUT2D eigenvalue weighted by Crippen LogP contribution is -2.41. The zero-order valence-corrected chi connectivity index (χ0v) is 14.6. The zero-order chi connectivity index (χ0) is 17.8. The van der Waals surface area contributed by atoms with Gasteiger partial charge in [-0.25, -0.2) is 0 Å². The van der Waals surface area contributed by atoms with Crippen molar-refractivity contribution in [1.82, 2.24) is 4.90 Å². The Labute approximate surface area is 147 Å². The molecule has 25 heavy (non-hydrogen) atoms. The van der Waals surface area contributed by atoms with Gasteiger partial charge in [-0.1, -0.05) is 0 Å². The largest absolute Gasteiger partial charge is 0.487 e. The van der Waals surface area contributed by atoms with Crippen LogP contribution in [0.5, 0.6) is 5.75 Å². The molecule has 0 saturated carbocycles. The van der Waals surface area contributed by atoms with Crippen molar-refractivity contribution in [1.29, 1.82) is 0 Å². The minimum Gasteiger partial charge on any atom is -0.487 e. The van der Waals surface area contributed by atoms with Crippen LogP contribution in [0.25, 0.3) is 0 Å². The number of rotatable bonds is 5. The Morgan fingerprint density at radius 3 is 2.52 bits per heavy atom. The van der Waals surface area contributed by atoms with Gasteiger partial charge in [0.15, 0.2) is 5.75 Å². The van der Waals surface area contributed by atoms with Gasteiger partial charge in [-0.2, -0.15) is 0 Å². The molecule has 1 aromatic carbocycles. The van der Waals surface area contributed by atoms with Gasteiger partial charge >= 0.3 is 5.69 Å². The lowest BCUT2D eigenvalue weighted by atomic mass is 9.95. The number of benzene rings is 1. The molecule has 1 aromatic rings. The minimum absolute atomic E-state index is 0.00954. The van der Waals surface area contributed by atoms with Crippen LogP contribution in [0.15, 0.2) is 18.2 Å². The summed E-state index contributed by atoms with van der Waals surface area (Å²) < 4.78 is 5.43. The van der Waals surface area contributed by atoms with Crippen LogP contribution in [-0.2, 0) is 4.79 Å². The number of carbonyl (C=O) groups is 1. The van der Waals surface area contributed by atoms with E-state index >= 15 is 0 Å². The molecule has 0 N–H and O–H groups in total. The average molecular weight is 347 g/mol. The van der Waals surface area contributed by atoms with Gasteiger partial charge in [-0.3, -0.25) is 14.9 Å². The van der Waals surface area contributed by atoms with Crippen LogP contribution >= 0.6 is 0 Å². The number of nitro benzene ring substituents is 1. The van der Waals surface area contributed by atoms with E-state index in [1.807, 2.05) is 11.8 Å². The fourth-order valence-electron chi connectivity index (χ4n) is 3.70. The Morgan fingerprint density at radius 2 is 1.92 bits per heavy atom. The second kappa shape index (κ2) is 7.72. The van der Waals surface area contributed by atoms with Gasteiger partial charge in [0.05, 0.1) is 11.5 Å². The number of nitro groups is 1. The van der Waals surface area contributed by atoms with Crippen molar-refractivity contribution in [2.24, 2.45) is 5.92 Å². The normalized spacial score (nSPS) is 18.4. The summed E-state index contributed by atoms with van der Waals surface area (Å²) in [4.78, 5) is 27.4. The van der Waals surface area contributed by atoms with Gasteiger partial charge < -0.3 is 14.5 Å². The first kappa shape index (κ1) is 17.5. The molecule has 0 spiro atoms. The topological polar surface area (TPSA) is 75.9 Å². The maximum Gasteiger partial charge on any atom is 0.311 e. The van der Waals surface area contributed by atoms with E-state index in [1.165, 1.54) is 6.07 Å². The first-order valence-electron chi connectivity index (χ1n) is 9.05. The summed E-state index contributed by atoms with van der Waals surface area (Å²) in [5, 5.41) is 11.1. The molecule has 0 unspecified atom stereocenters. The summed E-state index contributed by atoms with van der Waals surface area (Å²) in [7, 11) is 0. The Morgan fingerprint density at radius 1 is 1.24 bits per heavy atom. The fourth-order valence-corrected chi connectivity index (χ4v) is 3.70. The summed E-state index contributed by atoms with van der Waals surface area (Å²) in [5.74, 6) is 0.717. The van der Waals surface area contributed by atoms with E-state index < -0.39 is 4.92 Å². The first-order valence-corrected chi connectivity index (χ1v) is 9.05. The van der Waals surface area contributed by atoms with E-state index in [-0.39, 0.29) is 11.6 Å². The number of piperidine rings is 1. The van der Waals surface area contributed by atoms with Crippen molar-refractivity contribution in [3.05, 3.63) is 28.3 Å². The van der Waals surface area contributed by atoms with Gasteiger partial charge in [0.25, 0.3) is 0 Å². The molecule has 0 atom stereocenters. The molecule has 0 aromatic heterocycles. The molecule has 136 valence electrons. The highest BCUT2D eigenvalue weighted by Crippen LogP contribution is 2.33. The summed E-state index contributed by atoms with van der Waals surface area (Å²) in [6.45, 7) is 5.57. The number of carbonyl (C=O) groups excluding carboxylic acids is 1. The predicted octanol–water partition coefficient (Wildman–Crippen LogP) is 2.83. The molecular weight excluding hydrogens is 322 g/mol. The van der Waals surface area contributed by atoms with Crippen LogP contribution < -0.4 is 9.64 Å². The molecule has 7 heteroatoms. The van der Waals surface area contributed by atoms with Gasteiger partial charge in [0, 0.05) is 49.9 Å². The van der Waals surface area contributed by atoms with Crippen molar-refractivity contribution in [2.75, 3.05) is 37.7 Å². The van der Waals surface area contributed by atoms with E-state index in [1.54, 1.807) is 12.1 Å². The highest BCUT2D eigenvalue weighted by atomic mass is 16.6. The van der Waals surface area contributed by atoms with Crippen LogP contribution in [0.4, 0.5) is 11.4 Å². The van der Waals surface area contributed by atoms with Crippen molar-refractivity contribution in [3.63, 3.8) is 0 Å². The Hall–Kier alpha value is -2.31. The van der Waals surface area contributed by atoms with Crippen molar-refractivity contribution in [2.45, 2.75) is 32.6 Å². The maximum absolute atomic E-state index is 12.5. The maximum atomic E-state index is 12.5. The van der Waals surface area contributed by atoms with E-state index in [4.69, 9.17) is 4.74 Å². The quantitative estimate of drug-likeness (QED) is 0.605. The fraction of sp³-hybridized carbons (Fsp3) is 0.611. The first-order chi connectivity index (χ1) is 12.1. The minimum atomic E-state index is -0.421. The lowest BCUT2D eigenvalue weighted by molar-refractivity contribution is -0.385. The van der Waals surface area contributed by atoms with E-state index in [9.17, 15) is 14.9 Å². The number of nitrogens with zero attached hydrogens (tertiary/aromatic N) is 3. The molecule has 1 amide bonds. The smallest absolute Gasteiger partial charge is 0.311 e. The molecule has 2 aliphatic heterocycles.